The van der Waals surface area contributed by atoms with Crippen LogP contribution >= 0.6 is 11.8 Å². The Morgan fingerprint density at radius 3 is 2.94 bits per heavy atom. The van der Waals surface area contributed by atoms with Crippen molar-refractivity contribution >= 4 is 23.0 Å². The molecule has 0 spiro atoms. The van der Waals surface area contributed by atoms with Crippen LogP contribution in [0.15, 0.2) is 24.3 Å². The van der Waals surface area contributed by atoms with Crippen LogP contribution in [0, 0.1) is 0 Å². The lowest BCUT2D eigenvalue weighted by Gasteiger charge is -2.14. The molecule has 0 aromatic heterocycles. The molecule has 4 nitrogen and oxygen atoms in total. The van der Waals surface area contributed by atoms with E-state index in [1.165, 1.54) is 11.8 Å². The minimum Gasteiger partial charge on any atom is -0.478 e. The van der Waals surface area contributed by atoms with Crippen molar-refractivity contribution in [1.29, 1.82) is 0 Å². The van der Waals surface area contributed by atoms with E-state index in [0.717, 1.165) is 17.9 Å². The summed E-state index contributed by atoms with van der Waals surface area (Å²) in [4.78, 5) is 23.9. The first-order valence-electron chi connectivity index (χ1n) is 4.91. The summed E-state index contributed by atoms with van der Waals surface area (Å²) in [6.45, 7) is 1.23. The van der Waals surface area contributed by atoms with Gasteiger partial charge in [0.05, 0.1) is 5.56 Å². The van der Waals surface area contributed by atoms with Gasteiger partial charge in [-0.15, -0.1) is 0 Å². The zero-order valence-corrected chi connectivity index (χ0v) is 9.37. The maximum absolute atomic E-state index is 11.4. The Hall–Kier alpha value is -1.49. The lowest BCUT2D eigenvalue weighted by Crippen LogP contribution is -2.22. The van der Waals surface area contributed by atoms with Crippen LogP contribution in [-0.2, 0) is 6.54 Å². The number of thioether (sulfide) groups is 1. The maximum atomic E-state index is 11.4. The summed E-state index contributed by atoms with van der Waals surface area (Å²) in [6, 6.07) is 6.69. The molecule has 1 amide bonds. The number of carbonyl (C=O) groups is 2. The zero-order chi connectivity index (χ0) is 11.5. The summed E-state index contributed by atoms with van der Waals surface area (Å²) in [7, 11) is 0. The molecule has 0 saturated carbocycles. The minimum atomic E-state index is -0.941. The summed E-state index contributed by atoms with van der Waals surface area (Å²) in [5.41, 5.74) is 1.12. The highest BCUT2D eigenvalue weighted by atomic mass is 32.2. The number of nitrogens with zero attached hydrogens (tertiary/aromatic N) is 1. The molecule has 5 heteroatoms. The average molecular weight is 237 g/mol. The van der Waals surface area contributed by atoms with Crippen molar-refractivity contribution in [3.05, 3.63) is 35.4 Å². The van der Waals surface area contributed by atoms with Crippen LogP contribution in [0.2, 0.25) is 0 Å². The third kappa shape index (κ3) is 2.36. The van der Waals surface area contributed by atoms with Gasteiger partial charge in [-0.1, -0.05) is 23.9 Å². The van der Waals surface area contributed by atoms with Gasteiger partial charge in [0.1, 0.15) is 0 Å². The van der Waals surface area contributed by atoms with Crippen molar-refractivity contribution in [1.82, 2.24) is 4.90 Å². The van der Waals surface area contributed by atoms with Gasteiger partial charge in [0.15, 0.2) is 0 Å². The topological polar surface area (TPSA) is 57.6 Å². The highest BCUT2D eigenvalue weighted by Gasteiger charge is 2.21. The molecule has 16 heavy (non-hydrogen) atoms. The molecule has 1 aromatic rings. The highest BCUT2D eigenvalue weighted by Crippen LogP contribution is 2.20. The third-order valence-corrected chi connectivity index (χ3v) is 3.28. The molecule has 1 aliphatic heterocycles. The Morgan fingerprint density at radius 1 is 1.50 bits per heavy atom. The number of rotatable bonds is 3. The summed E-state index contributed by atoms with van der Waals surface area (Å²) < 4.78 is 0. The third-order valence-electron chi connectivity index (χ3n) is 2.39. The Balaban J connectivity index is 2.12. The van der Waals surface area contributed by atoms with Crippen molar-refractivity contribution in [2.45, 2.75) is 6.54 Å². The quantitative estimate of drug-likeness (QED) is 0.874. The average Bonchev–Trinajstić information content (AvgIpc) is 2.65. The molecule has 0 aliphatic carbocycles. The maximum Gasteiger partial charge on any atom is 0.335 e. The first kappa shape index (κ1) is 11.0. The van der Waals surface area contributed by atoms with Crippen LogP contribution in [0.25, 0.3) is 0 Å². The summed E-state index contributed by atoms with van der Waals surface area (Å²) in [5.74, 6) is -0.124. The molecule has 84 valence electrons. The van der Waals surface area contributed by atoms with E-state index >= 15 is 0 Å². The molecule has 0 bridgehead atoms. The Kier molecular flexibility index (Phi) is 3.14. The number of carboxylic acid groups (broad SMARTS) is 1. The van der Waals surface area contributed by atoms with E-state index in [9.17, 15) is 9.59 Å². The van der Waals surface area contributed by atoms with Gasteiger partial charge in [-0.2, -0.15) is 0 Å². The van der Waals surface area contributed by atoms with E-state index < -0.39 is 5.97 Å². The standard InChI is InChI=1S/C11H11NO3S/c13-10(14)9-3-1-2-8(6-9)7-12-4-5-16-11(12)15/h1-3,6H,4-5,7H2,(H,13,14). The van der Waals surface area contributed by atoms with Gasteiger partial charge < -0.3 is 10.0 Å². The largest absolute Gasteiger partial charge is 0.478 e. The molecule has 0 radical (unpaired) electrons. The van der Waals surface area contributed by atoms with E-state index in [2.05, 4.69) is 0 Å². The molecular weight excluding hydrogens is 226 g/mol. The summed E-state index contributed by atoms with van der Waals surface area (Å²) in [6.07, 6.45) is 0. The number of hydrogen-bond acceptors (Lipinski definition) is 3. The zero-order valence-electron chi connectivity index (χ0n) is 8.55. The van der Waals surface area contributed by atoms with Crippen LogP contribution in [0.1, 0.15) is 15.9 Å². The molecule has 1 fully saturated rings. The van der Waals surface area contributed by atoms with E-state index in [0.29, 0.717) is 6.54 Å². The van der Waals surface area contributed by atoms with Gasteiger partial charge in [0, 0.05) is 18.8 Å². The molecule has 1 heterocycles. The van der Waals surface area contributed by atoms with Gasteiger partial charge in [-0.3, -0.25) is 4.79 Å². The minimum absolute atomic E-state index is 0.0701. The van der Waals surface area contributed by atoms with Gasteiger partial charge >= 0.3 is 5.97 Å². The lowest BCUT2D eigenvalue weighted by molar-refractivity contribution is 0.0696. The predicted molar refractivity (Wildman–Crippen MR) is 61.7 cm³/mol. The second-order valence-corrected chi connectivity index (χ2v) is 4.59. The van der Waals surface area contributed by atoms with Crippen LogP contribution < -0.4 is 0 Å². The number of carbonyl (C=O) groups excluding carboxylic acids is 1. The van der Waals surface area contributed by atoms with Crippen LogP contribution in [0.4, 0.5) is 4.79 Å². The van der Waals surface area contributed by atoms with Crippen LogP contribution in [0.5, 0.6) is 0 Å². The number of amides is 1. The van der Waals surface area contributed by atoms with E-state index in [4.69, 9.17) is 5.11 Å². The number of benzene rings is 1. The number of aromatic carboxylic acids is 1. The Bertz CT molecular complexity index is 433. The van der Waals surface area contributed by atoms with Crippen molar-refractivity contribution in [2.75, 3.05) is 12.3 Å². The monoisotopic (exact) mass is 237 g/mol. The van der Waals surface area contributed by atoms with Gasteiger partial charge in [0.25, 0.3) is 5.24 Å². The second kappa shape index (κ2) is 4.57. The van der Waals surface area contributed by atoms with E-state index in [1.807, 2.05) is 6.07 Å². The molecule has 1 aliphatic rings. The van der Waals surface area contributed by atoms with E-state index in [1.54, 1.807) is 23.1 Å². The Labute approximate surface area is 97.3 Å². The van der Waals surface area contributed by atoms with Crippen molar-refractivity contribution < 1.29 is 14.7 Å². The fourth-order valence-electron chi connectivity index (χ4n) is 1.59. The summed E-state index contributed by atoms with van der Waals surface area (Å²) in [5, 5.41) is 8.91. The van der Waals surface area contributed by atoms with Crippen LogP contribution in [-0.4, -0.2) is 33.5 Å². The molecular formula is C11H11NO3S. The molecule has 1 aromatic carbocycles. The molecule has 1 saturated heterocycles. The number of hydrogen-bond donors (Lipinski definition) is 1. The van der Waals surface area contributed by atoms with Gasteiger partial charge in [-0.05, 0) is 17.7 Å². The first-order chi connectivity index (χ1) is 7.66. The van der Waals surface area contributed by atoms with Gasteiger partial charge in [-0.25, -0.2) is 4.79 Å². The normalized spacial score (nSPS) is 15.5. The predicted octanol–water partition coefficient (Wildman–Crippen LogP) is 2.05. The van der Waals surface area contributed by atoms with Gasteiger partial charge in [0.2, 0.25) is 0 Å². The highest BCUT2D eigenvalue weighted by molar-refractivity contribution is 8.13. The molecule has 0 atom stereocenters. The fraction of sp³-hybridized carbons (Fsp3) is 0.273. The Morgan fingerprint density at radius 2 is 2.31 bits per heavy atom. The summed E-state index contributed by atoms with van der Waals surface area (Å²) >= 11 is 1.31. The number of carboxylic acids is 1. The van der Waals surface area contributed by atoms with Crippen LogP contribution in [0.3, 0.4) is 0 Å². The fourth-order valence-corrected chi connectivity index (χ4v) is 2.42. The van der Waals surface area contributed by atoms with Crippen molar-refractivity contribution in [3.8, 4) is 0 Å². The SMILES string of the molecule is O=C(O)c1cccc(CN2CCSC2=O)c1. The molecule has 1 N–H and O–H groups in total. The lowest BCUT2D eigenvalue weighted by atomic mass is 10.1. The molecule has 2 rings (SSSR count). The van der Waals surface area contributed by atoms with Crippen molar-refractivity contribution in [3.63, 3.8) is 0 Å². The van der Waals surface area contributed by atoms with E-state index in [-0.39, 0.29) is 10.8 Å². The second-order valence-electron chi connectivity index (χ2n) is 3.54. The van der Waals surface area contributed by atoms with Crippen molar-refractivity contribution in [2.24, 2.45) is 0 Å². The smallest absolute Gasteiger partial charge is 0.335 e. The first-order valence-corrected chi connectivity index (χ1v) is 5.89. The molecule has 0 unspecified atom stereocenters.